The molecule has 1 aromatic heterocycles. The van der Waals surface area contributed by atoms with E-state index < -0.39 is 0 Å². The third-order valence-electron chi connectivity index (χ3n) is 2.93. The van der Waals surface area contributed by atoms with Gasteiger partial charge in [0.15, 0.2) is 0 Å². The van der Waals surface area contributed by atoms with Gasteiger partial charge in [-0.3, -0.25) is 4.68 Å². The lowest BCUT2D eigenvalue weighted by Crippen LogP contribution is -2.21. The molecule has 0 saturated heterocycles. The van der Waals surface area contributed by atoms with Crippen LogP contribution in [-0.2, 0) is 6.54 Å². The summed E-state index contributed by atoms with van der Waals surface area (Å²) in [6, 6.07) is 0.457. The largest absolute Gasteiger partial charge is 0.393 e. The molecule has 0 aromatic carbocycles. The quantitative estimate of drug-likeness (QED) is 0.734. The van der Waals surface area contributed by atoms with Crippen molar-refractivity contribution in [2.45, 2.75) is 44.4 Å². The molecule has 1 saturated carbocycles. The molecule has 0 aliphatic heterocycles. The molecule has 0 radical (unpaired) electrons. The van der Waals surface area contributed by atoms with E-state index in [0.717, 1.165) is 31.2 Å². The first-order valence-corrected chi connectivity index (χ1v) is 5.20. The van der Waals surface area contributed by atoms with Crippen LogP contribution in [0.5, 0.6) is 0 Å². The van der Waals surface area contributed by atoms with Crippen LogP contribution in [0.2, 0.25) is 0 Å². The van der Waals surface area contributed by atoms with E-state index in [1.165, 1.54) is 0 Å². The molecular formula is C10H17N3O. The van der Waals surface area contributed by atoms with Crippen molar-refractivity contribution in [3.63, 3.8) is 0 Å². The van der Waals surface area contributed by atoms with Gasteiger partial charge in [0, 0.05) is 18.3 Å². The molecule has 0 unspecified atom stereocenters. The van der Waals surface area contributed by atoms with Crippen molar-refractivity contribution in [3.05, 3.63) is 18.0 Å². The molecule has 14 heavy (non-hydrogen) atoms. The van der Waals surface area contributed by atoms with Crippen molar-refractivity contribution in [3.8, 4) is 0 Å². The predicted molar refractivity (Wildman–Crippen MR) is 53.6 cm³/mol. The Hall–Kier alpha value is -0.870. The fourth-order valence-electron chi connectivity index (χ4n) is 2.01. The SMILES string of the molecule is NCc1cnn(C2CCC(O)CC2)c1. The number of aliphatic hydroxyl groups is 1. The van der Waals surface area contributed by atoms with Gasteiger partial charge >= 0.3 is 0 Å². The van der Waals surface area contributed by atoms with E-state index in [1.54, 1.807) is 0 Å². The zero-order chi connectivity index (χ0) is 9.97. The number of hydrogen-bond donors (Lipinski definition) is 2. The van der Waals surface area contributed by atoms with Crippen LogP contribution in [0.4, 0.5) is 0 Å². The smallest absolute Gasteiger partial charge is 0.0541 e. The number of aliphatic hydroxyl groups excluding tert-OH is 1. The minimum atomic E-state index is -0.101. The third kappa shape index (κ3) is 1.96. The van der Waals surface area contributed by atoms with Crippen molar-refractivity contribution in [2.75, 3.05) is 0 Å². The molecule has 1 aliphatic rings. The molecule has 0 bridgehead atoms. The Morgan fingerprint density at radius 2 is 2.14 bits per heavy atom. The number of rotatable bonds is 2. The predicted octanol–water partition coefficient (Wildman–Crippen LogP) is 0.818. The van der Waals surface area contributed by atoms with Crippen LogP contribution in [0.25, 0.3) is 0 Å². The fraction of sp³-hybridized carbons (Fsp3) is 0.700. The molecule has 1 aliphatic carbocycles. The summed E-state index contributed by atoms with van der Waals surface area (Å²) in [5.41, 5.74) is 6.60. The molecular weight excluding hydrogens is 178 g/mol. The van der Waals surface area contributed by atoms with E-state index in [9.17, 15) is 5.11 Å². The monoisotopic (exact) mass is 195 g/mol. The normalized spacial score (nSPS) is 27.9. The van der Waals surface area contributed by atoms with Gasteiger partial charge in [-0.1, -0.05) is 0 Å². The van der Waals surface area contributed by atoms with Crippen molar-refractivity contribution < 1.29 is 5.11 Å². The Labute approximate surface area is 83.7 Å². The number of aromatic nitrogens is 2. The Kier molecular flexibility index (Phi) is 2.84. The van der Waals surface area contributed by atoms with Gasteiger partial charge in [-0.05, 0) is 25.7 Å². The zero-order valence-electron chi connectivity index (χ0n) is 8.26. The van der Waals surface area contributed by atoms with Gasteiger partial charge in [0.05, 0.1) is 18.3 Å². The summed E-state index contributed by atoms with van der Waals surface area (Å²) in [5.74, 6) is 0. The van der Waals surface area contributed by atoms with Gasteiger partial charge < -0.3 is 10.8 Å². The highest BCUT2D eigenvalue weighted by molar-refractivity contribution is 5.03. The Morgan fingerprint density at radius 1 is 1.43 bits per heavy atom. The molecule has 4 heteroatoms. The highest BCUT2D eigenvalue weighted by atomic mass is 16.3. The first-order chi connectivity index (χ1) is 6.79. The lowest BCUT2D eigenvalue weighted by molar-refractivity contribution is 0.108. The van der Waals surface area contributed by atoms with E-state index in [0.29, 0.717) is 12.6 Å². The van der Waals surface area contributed by atoms with Crippen LogP contribution in [0.3, 0.4) is 0 Å². The first-order valence-electron chi connectivity index (χ1n) is 5.20. The highest BCUT2D eigenvalue weighted by Gasteiger charge is 2.20. The number of nitrogens with two attached hydrogens (primary N) is 1. The van der Waals surface area contributed by atoms with Crippen LogP contribution in [0.15, 0.2) is 12.4 Å². The van der Waals surface area contributed by atoms with E-state index in [2.05, 4.69) is 5.10 Å². The highest BCUT2D eigenvalue weighted by Crippen LogP contribution is 2.27. The summed E-state index contributed by atoms with van der Waals surface area (Å²) in [7, 11) is 0. The number of nitrogens with zero attached hydrogens (tertiary/aromatic N) is 2. The molecule has 78 valence electrons. The summed E-state index contributed by atoms with van der Waals surface area (Å²) in [5, 5.41) is 13.7. The second kappa shape index (κ2) is 4.11. The van der Waals surface area contributed by atoms with Crippen molar-refractivity contribution >= 4 is 0 Å². The summed E-state index contributed by atoms with van der Waals surface area (Å²) < 4.78 is 1.99. The van der Waals surface area contributed by atoms with Crippen LogP contribution in [-0.4, -0.2) is 21.0 Å². The van der Waals surface area contributed by atoms with Crippen LogP contribution in [0, 0.1) is 0 Å². The van der Waals surface area contributed by atoms with Gasteiger partial charge in [0.2, 0.25) is 0 Å². The van der Waals surface area contributed by atoms with E-state index in [-0.39, 0.29) is 6.10 Å². The molecule has 4 nitrogen and oxygen atoms in total. The van der Waals surface area contributed by atoms with Gasteiger partial charge in [-0.25, -0.2) is 0 Å². The Bertz CT molecular complexity index is 289. The summed E-state index contributed by atoms with van der Waals surface area (Å²) in [4.78, 5) is 0. The number of hydrogen-bond acceptors (Lipinski definition) is 3. The Balaban J connectivity index is 2.01. The first kappa shape index (κ1) is 9.68. The van der Waals surface area contributed by atoms with Crippen molar-refractivity contribution in [1.29, 1.82) is 0 Å². The van der Waals surface area contributed by atoms with Crippen molar-refractivity contribution in [1.82, 2.24) is 9.78 Å². The van der Waals surface area contributed by atoms with Crippen molar-refractivity contribution in [2.24, 2.45) is 5.73 Å². The molecule has 1 fully saturated rings. The van der Waals surface area contributed by atoms with Gasteiger partial charge in [0.1, 0.15) is 0 Å². The second-order valence-electron chi connectivity index (χ2n) is 4.00. The molecule has 0 spiro atoms. The molecule has 2 rings (SSSR count). The summed E-state index contributed by atoms with van der Waals surface area (Å²) in [6.07, 6.45) is 7.56. The van der Waals surface area contributed by atoms with E-state index in [1.807, 2.05) is 17.1 Å². The maximum atomic E-state index is 9.38. The van der Waals surface area contributed by atoms with Gasteiger partial charge in [-0.2, -0.15) is 5.10 Å². The van der Waals surface area contributed by atoms with Crippen LogP contribution >= 0.6 is 0 Å². The maximum absolute atomic E-state index is 9.38. The van der Waals surface area contributed by atoms with E-state index in [4.69, 9.17) is 5.73 Å². The third-order valence-corrected chi connectivity index (χ3v) is 2.93. The fourth-order valence-corrected chi connectivity index (χ4v) is 2.01. The summed E-state index contributed by atoms with van der Waals surface area (Å²) >= 11 is 0. The molecule has 3 N–H and O–H groups in total. The lowest BCUT2D eigenvalue weighted by Gasteiger charge is -2.25. The minimum Gasteiger partial charge on any atom is -0.393 e. The van der Waals surface area contributed by atoms with Gasteiger partial charge in [0.25, 0.3) is 0 Å². The molecule has 1 heterocycles. The molecule has 0 atom stereocenters. The Morgan fingerprint density at radius 3 is 2.71 bits per heavy atom. The lowest BCUT2D eigenvalue weighted by atomic mass is 9.93. The van der Waals surface area contributed by atoms with Crippen LogP contribution in [0.1, 0.15) is 37.3 Å². The summed E-state index contributed by atoms with van der Waals surface area (Å²) in [6.45, 7) is 0.551. The average molecular weight is 195 g/mol. The topological polar surface area (TPSA) is 64.1 Å². The van der Waals surface area contributed by atoms with E-state index >= 15 is 0 Å². The van der Waals surface area contributed by atoms with Gasteiger partial charge in [-0.15, -0.1) is 0 Å². The standard InChI is InChI=1S/C10H17N3O/c11-5-8-6-12-13(7-8)9-1-3-10(14)4-2-9/h6-7,9-10,14H,1-5,11H2. The van der Waals surface area contributed by atoms with Crippen LogP contribution < -0.4 is 5.73 Å². The minimum absolute atomic E-state index is 0.101. The molecule has 0 amide bonds. The maximum Gasteiger partial charge on any atom is 0.0541 e. The molecule has 1 aromatic rings. The average Bonchev–Trinajstić information content (AvgIpc) is 2.67. The zero-order valence-corrected chi connectivity index (χ0v) is 8.26. The second-order valence-corrected chi connectivity index (χ2v) is 4.00.